The van der Waals surface area contributed by atoms with Crippen LogP contribution in [0.15, 0.2) is 47.4 Å². The molecule has 2 aromatic carbocycles. The lowest BCUT2D eigenvalue weighted by molar-refractivity contribution is -0.387. The fourth-order valence-corrected chi connectivity index (χ4v) is 2.64. The highest BCUT2D eigenvalue weighted by molar-refractivity contribution is 8.00. The van der Waals surface area contributed by atoms with Crippen LogP contribution in [0.1, 0.15) is 6.92 Å². The number of rotatable bonds is 5. The van der Waals surface area contributed by atoms with Crippen molar-refractivity contribution in [3.05, 3.63) is 64.2 Å². The SMILES string of the molecule is CC(Sc1ccccc1F)C(=O)Nc1ccc(F)c([N+](=O)[O-])c1. The van der Waals surface area contributed by atoms with Crippen LogP contribution in [0.2, 0.25) is 0 Å². The van der Waals surface area contributed by atoms with E-state index in [0.29, 0.717) is 4.90 Å². The van der Waals surface area contributed by atoms with Crippen LogP contribution in [-0.2, 0) is 4.79 Å². The molecule has 23 heavy (non-hydrogen) atoms. The molecule has 1 unspecified atom stereocenters. The van der Waals surface area contributed by atoms with E-state index in [1.165, 1.54) is 12.1 Å². The van der Waals surface area contributed by atoms with Gasteiger partial charge >= 0.3 is 5.69 Å². The molecule has 0 aliphatic heterocycles. The van der Waals surface area contributed by atoms with E-state index in [1.54, 1.807) is 25.1 Å². The highest BCUT2D eigenvalue weighted by atomic mass is 32.2. The molecule has 0 aromatic heterocycles. The molecule has 2 aromatic rings. The van der Waals surface area contributed by atoms with Crippen LogP contribution in [0, 0.1) is 21.7 Å². The van der Waals surface area contributed by atoms with Crippen molar-refractivity contribution in [2.45, 2.75) is 17.1 Å². The fourth-order valence-electron chi connectivity index (χ4n) is 1.76. The Bertz CT molecular complexity index is 755. The van der Waals surface area contributed by atoms with E-state index in [2.05, 4.69) is 5.32 Å². The summed E-state index contributed by atoms with van der Waals surface area (Å²) >= 11 is 1.02. The Morgan fingerprint density at radius 1 is 1.22 bits per heavy atom. The fraction of sp³-hybridized carbons (Fsp3) is 0.133. The van der Waals surface area contributed by atoms with Crippen molar-refractivity contribution in [1.29, 1.82) is 0 Å². The van der Waals surface area contributed by atoms with Crippen molar-refractivity contribution in [2.75, 3.05) is 5.32 Å². The molecule has 2 rings (SSSR count). The molecule has 5 nitrogen and oxygen atoms in total. The molecule has 0 aliphatic carbocycles. The van der Waals surface area contributed by atoms with Gasteiger partial charge in [0.25, 0.3) is 0 Å². The monoisotopic (exact) mass is 338 g/mol. The van der Waals surface area contributed by atoms with Gasteiger partial charge in [-0.3, -0.25) is 14.9 Å². The minimum atomic E-state index is -0.984. The van der Waals surface area contributed by atoms with Crippen LogP contribution < -0.4 is 5.32 Å². The number of carbonyl (C=O) groups excluding carboxylic acids is 1. The lowest BCUT2D eigenvalue weighted by Gasteiger charge is -2.12. The number of carbonyl (C=O) groups is 1. The first kappa shape index (κ1) is 16.9. The highest BCUT2D eigenvalue weighted by Gasteiger charge is 2.19. The van der Waals surface area contributed by atoms with E-state index >= 15 is 0 Å². The van der Waals surface area contributed by atoms with Gasteiger partial charge in [0.1, 0.15) is 5.82 Å². The third-order valence-electron chi connectivity index (χ3n) is 2.92. The van der Waals surface area contributed by atoms with Gasteiger partial charge in [0.2, 0.25) is 11.7 Å². The smallest absolute Gasteiger partial charge is 0.306 e. The number of hydrogen-bond acceptors (Lipinski definition) is 4. The molecular formula is C15H12F2N2O3S. The average molecular weight is 338 g/mol. The summed E-state index contributed by atoms with van der Waals surface area (Å²) in [5.41, 5.74) is -0.624. The third kappa shape index (κ3) is 4.26. The summed E-state index contributed by atoms with van der Waals surface area (Å²) in [5.74, 6) is -1.89. The molecule has 8 heteroatoms. The highest BCUT2D eigenvalue weighted by Crippen LogP contribution is 2.27. The van der Waals surface area contributed by atoms with Crippen molar-refractivity contribution < 1.29 is 18.5 Å². The molecule has 1 N–H and O–H groups in total. The number of anilines is 1. The summed E-state index contributed by atoms with van der Waals surface area (Å²) < 4.78 is 26.8. The zero-order valence-corrected chi connectivity index (χ0v) is 12.8. The van der Waals surface area contributed by atoms with Gasteiger partial charge in [0.15, 0.2) is 0 Å². The molecule has 0 radical (unpaired) electrons. The van der Waals surface area contributed by atoms with Gasteiger partial charge in [-0.15, -0.1) is 11.8 Å². The minimum Gasteiger partial charge on any atom is -0.325 e. The van der Waals surface area contributed by atoms with Gasteiger partial charge in [-0.2, -0.15) is 4.39 Å². The van der Waals surface area contributed by atoms with Crippen molar-refractivity contribution in [2.24, 2.45) is 0 Å². The molecule has 1 amide bonds. The lowest BCUT2D eigenvalue weighted by Crippen LogP contribution is -2.22. The largest absolute Gasteiger partial charge is 0.325 e. The van der Waals surface area contributed by atoms with Gasteiger partial charge in [-0.25, -0.2) is 4.39 Å². The second kappa shape index (κ2) is 7.19. The van der Waals surface area contributed by atoms with Gasteiger partial charge in [-0.1, -0.05) is 12.1 Å². The van der Waals surface area contributed by atoms with Crippen LogP contribution in [-0.4, -0.2) is 16.1 Å². The lowest BCUT2D eigenvalue weighted by atomic mass is 10.2. The van der Waals surface area contributed by atoms with Crippen molar-refractivity contribution in [3.8, 4) is 0 Å². The third-order valence-corrected chi connectivity index (χ3v) is 4.07. The van der Waals surface area contributed by atoms with E-state index in [-0.39, 0.29) is 5.69 Å². The first-order chi connectivity index (χ1) is 10.9. The number of nitro benzene ring substituents is 1. The van der Waals surface area contributed by atoms with Crippen LogP contribution in [0.3, 0.4) is 0 Å². The zero-order valence-electron chi connectivity index (χ0n) is 12.0. The normalized spacial score (nSPS) is 11.8. The first-order valence-electron chi connectivity index (χ1n) is 6.54. The maximum atomic E-state index is 13.6. The molecule has 1 atom stereocenters. The molecule has 0 bridgehead atoms. The van der Waals surface area contributed by atoms with Gasteiger partial charge in [0, 0.05) is 16.6 Å². The predicted octanol–water partition coefficient (Wildman–Crippen LogP) is 3.99. The number of nitro groups is 1. The van der Waals surface area contributed by atoms with Crippen molar-refractivity contribution in [3.63, 3.8) is 0 Å². The summed E-state index contributed by atoms with van der Waals surface area (Å²) in [7, 11) is 0. The molecule has 0 saturated heterocycles. The molecule has 0 spiro atoms. The van der Waals surface area contributed by atoms with Crippen LogP contribution >= 0.6 is 11.8 Å². The van der Waals surface area contributed by atoms with E-state index in [9.17, 15) is 23.7 Å². The quantitative estimate of drug-likeness (QED) is 0.508. The number of benzene rings is 2. The maximum Gasteiger partial charge on any atom is 0.306 e. The standard InChI is InChI=1S/C15H12F2N2O3S/c1-9(23-14-5-3-2-4-12(14)17)15(20)18-10-6-7-11(16)13(8-10)19(21)22/h2-9H,1H3,(H,18,20). The molecular weight excluding hydrogens is 326 g/mol. The second-order valence-electron chi connectivity index (χ2n) is 4.60. The first-order valence-corrected chi connectivity index (χ1v) is 7.42. The molecule has 0 heterocycles. The summed E-state index contributed by atoms with van der Waals surface area (Å²) in [6.45, 7) is 1.57. The Kier molecular flexibility index (Phi) is 5.28. The topological polar surface area (TPSA) is 72.2 Å². The van der Waals surface area contributed by atoms with Crippen LogP contribution in [0.4, 0.5) is 20.2 Å². The Morgan fingerprint density at radius 2 is 1.91 bits per heavy atom. The van der Waals surface area contributed by atoms with Crippen molar-refractivity contribution in [1.82, 2.24) is 0 Å². The minimum absolute atomic E-state index is 0.101. The van der Waals surface area contributed by atoms with Gasteiger partial charge < -0.3 is 5.32 Å². The zero-order chi connectivity index (χ0) is 17.0. The number of thioether (sulfide) groups is 1. The van der Waals surface area contributed by atoms with E-state index in [4.69, 9.17) is 0 Å². The Balaban J connectivity index is 2.08. The van der Waals surface area contributed by atoms with E-state index in [0.717, 1.165) is 23.9 Å². The Morgan fingerprint density at radius 3 is 2.57 bits per heavy atom. The predicted molar refractivity (Wildman–Crippen MR) is 83.4 cm³/mol. The summed E-state index contributed by atoms with van der Waals surface area (Å²) in [6, 6.07) is 9.10. The van der Waals surface area contributed by atoms with Crippen LogP contribution in [0.5, 0.6) is 0 Å². The number of amides is 1. The van der Waals surface area contributed by atoms with E-state index in [1.807, 2.05) is 0 Å². The van der Waals surface area contributed by atoms with Crippen LogP contribution in [0.25, 0.3) is 0 Å². The molecule has 0 fully saturated rings. The van der Waals surface area contributed by atoms with Crippen molar-refractivity contribution >= 4 is 29.0 Å². The molecule has 120 valence electrons. The second-order valence-corrected chi connectivity index (χ2v) is 5.99. The number of hydrogen-bond donors (Lipinski definition) is 1. The average Bonchev–Trinajstić information content (AvgIpc) is 2.51. The molecule has 0 aliphatic rings. The number of nitrogens with one attached hydrogen (secondary N) is 1. The maximum absolute atomic E-state index is 13.6. The number of nitrogens with zero attached hydrogens (tertiary/aromatic N) is 1. The Hall–Kier alpha value is -2.48. The Labute approximate surface area is 134 Å². The summed E-state index contributed by atoms with van der Waals surface area (Å²) in [4.78, 5) is 22.2. The molecule has 0 saturated carbocycles. The number of halogens is 2. The summed E-state index contributed by atoms with van der Waals surface area (Å²) in [6.07, 6.45) is 0. The van der Waals surface area contributed by atoms with Gasteiger partial charge in [0.05, 0.1) is 10.2 Å². The van der Waals surface area contributed by atoms with Gasteiger partial charge in [-0.05, 0) is 31.2 Å². The van der Waals surface area contributed by atoms with E-state index < -0.39 is 33.4 Å². The summed E-state index contributed by atoms with van der Waals surface area (Å²) in [5, 5.41) is 12.5.